The lowest BCUT2D eigenvalue weighted by Gasteiger charge is -2.08. The maximum atomic E-state index is 13.7. The number of methoxy groups -OCH3 is 1. The molecule has 0 saturated heterocycles. The number of ether oxygens (including phenoxy) is 1. The van der Waals surface area contributed by atoms with Crippen LogP contribution in [0.25, 0.3) is 10.9 Å². The molecular formula is C16H13ClFNO. The van der Waals surface area contributed by atoms with Crippen molar-refractivity contribution in [2.45, 2.75) is 6.54 Å². The van der Waals surface area contributed by atoms with Crippen molar-refractivity contribution in [1.82, 2.24) is 4.57 Å². The number of rotatable bonds is 3. The molecule has 0 bridgehead atoms. The van der Waals surface area contributed by atoms with Gasteiger partial charge in [-0.05, 0) is 41.3 Å². The number of nitrogens with zero attached hydrogens (tertiary/aromatic N) is 1. The zero-order valence-electron chi connectivity index (χ0n) is 10.9. The highest BCUT2D eigenvalue weighted by atomic mass is 35.5. The smallest absolute Gasteiger partial charge is 0.165 e. The third kappa shape index (κ3) is 2.37. The number of hydrogen-bond acceptors (Lipinski definition) is 1. The molecule has 3 rings (SSSR count). The van der Waals surface area contributed by atoms with E-state index in [9.17, 15) is 4.39 Å². The molecule has 2 nitrogen and oxygen atoms in total. The Hall–Kier alpha value is -2.00. The van der Waals surface area contributed by atoms with Gasteiger partial charge in [0.05, 0.1) is 7.11 Å². The van der Waals surface area contributed by atoms with Crippen LogP contribution in [-0.4, -0.2) is 11.7 Å². The summed E-state index contributed by atoms with van der Waals surface area (Å²) in [6, 6.07) is 12.8. The van der Waals surface area contributed by atoms with E-state index in [2.05, 4.69) is 0 Å². The van der Waals surface area contributed by atoms with Crippen molar-refractivity contribution in [3.05, 3.63) is 65.1 Å². The van der Waals surface area contributed by atoms with Crippen molar-refractivity contribution in [2.24, 2.45) is 0 Å². The monoisotopic (exact) mass is 289 g/mol. The molecule has 0 spiro atoms. The summed E-state index contributed by atoms with van der Waals surface area (Å²) in [5, 5.41) is 1.81. The lowest BCUT2D eigenvalue weighted by molar-refractivity contribution is 0.386. The van der Waals surface area contributed by atoms with E-state index in [0.717, 1.165) is 16.5 Å². The minimum Gasteiger partial charge on any atom is -0.494 e. The summed E-state index contributed by atoms with van der Waals surface area (Å²) in [7, 11) is 1.46. The molecule has 1 aromatic heterocycles. The van der Waals surface area contributed by atoms with Crippen molar-refractivity contribution in [3.63, 3.8) is 0 Å². The summed E-state index contributed by atoms with van der Waals surface area (Å²) < 4.78 is 20.7. The molecule has 0 saturated carbocycles. The summed E-state index contributed by atoms with van der Waals surface area (Å²) >= 11 is 6.03. The first kappa shape index (κ1) is 13.0. The molecule has 0 amide bonds. The van der Waals surface area contributed by atoms with Crippen LogP contribution in [0.15, 0.2) is 48.7 Å². The molecular weight excluding hydrogens is 277 g/mol. The van der Waals surface area contributed by atoms with E-state index in [1.807, 2.05) is 41.1 Å². The lowest BCUT2D eigenvalue weighted by atomic mass is 10.2. The summed E-state index contributed by atoms with van der Waals surface area (Å²) in [5.41, 5.74) is 1.91. The zero-order valence-corrected chi connectivity index (χ0v) is 11.7. The molecule has 0 radical (unpaired) electrons. The summed E-state index contributed by atoms with van der Waals surface area (Å²) in [4.78, 5) is 0. The van der Waals surface area contributed by atoms with E-state index in [0.29, 0.717) is 11.6 Å². The van der Waals surface area contributed by atoms with Crippen LogP contribution < -0.4 is 4.74 Å². The van der Waals surface area contributed by atoms with Gasteiger partial charge in [-0.25, -0.2) is 4.39 Å². The van der Waals surface area contributed by atoms with E-state index in [1.54, 1.807) is 6.07 Å². The fourth-order valence-corrected chi connectivity index (χ4v) is 2.47. The van der Waals surface area contributed by atoms with Gasteiger partial charge in [-0.2, -0.15) is 0 Å². The Bertz CT molecular complexity index is 766. The minimum atomic E-state index is -0.348. The maximum Gasteiger partial charge on any atom is 0.165 e. The largest absolute Gasteiger partial charge is 0.494 e. The van der Waals surface area contributed by atoms with Crippen LogP contribution in [0.1, 0.15) is 5.56 Å². The highest BCUT2D eigenvalue weighted by Gasteiger charge is 2.06. The Balaban J connectivity index is 1.97. The first-order valence-electron chi connectivity index (χ1n) is 6.24. The van der Waals surface area contributed by atoms with Crippen LogP contribution in [-0.2, 0) is 6.54 Å². The van der Waals surface area contributed by atoms with Gasteiger partial charge >= 0.3 is 0 Å². The normalized spacial score (nSPS) is 10.9. The topological polar surface area (TPSA) is 14.2 Å². The van der Waals surface area contributed by atoms with Gasteiger partial charge in [-0.3, -0.25) is 0 Å². The summed E-state index contributed by atoms with van der Waals surface area (Å²) in [5.74, 6) is -0.0892. The zero-order chi connectivity index (χ0) is 14.1. The average Bonchev–Trinajstić information content (AvgIpc) is 2.82. The fourth-order valence-electron chi connectivity index (χ4n) is 2.30. The van der Waals surface area contributed by atoms with Crippen LogP contribution in [0.2, 0.25) is 5.02 Å². The molecule has 0 N–H and O–H groups in total. The number of fused-ring (bicyclic) bond motifs is 1. The third-order valence-corrected chi connectivity index (χ3v) is 3.54. The highest BCUT2D eigenvalue weighted by Crippen LogP contribution is 2.23. The van der Waals surface area contributed by atoms with Gasteiger partial charge < -0.3 is 9.30 Å². The van der Waals surface area contributed by atoms with Gasteiger partial charge in [0.1, 0.15) is 0 Å². The number of hydrogen-bond donors (Lipinski definition) is 0. The summed E-state index contributed by atoms with van der Waals surface area (Å²) in [6.45, 7) is 0.588. The van der Waals surface area contributed by atoms with Gasteiger partial charge in [-0.1, -0.05) is 23.7 Å². The van der Waals surface area contributed by atoms with Crippen LogP contribution in [0.5, 0.6) is 5.75 Å². The molecule has 1 heterocycles. The Labute approximate surface area is 121 Å². The molecule has 0 aliphatic carbocycles. The van der Waals surface area contributed by atoms with Gasteiger partial charge in [-0.15, -0.1) is 0 Å². The van der Waals surface area contributed by atoms with Crippen LogP contribution in [0.3, 0.4) is 0 Å². The molecule has 0 aliphatic rings. The van der Waals surface area contributed by atoms with Gasteiger partial charge in [0, 0.05) is 23.3 Å². The summed E-state index contributed by atoms with van der Waals surface area (Å²) in [6.07, 6.45) is 1.98. The molecule has 20 heavy (non-hydrogen) atoms. The Morgan fingerprint density at radius 1 is 1.15 bits per heavy atom. The first-order valence-corrected chi connectivity index (χ1v) is 6.62. The Morgan fingerprint density at radius 3 is 2.75 bits per heavy atom. The van der Waals surface area contributed by atoms with Crippen LogP contribution in [0, 0.1) is 5.82 Å². The molecule has 3 aromatic rings. The molecule has 0 unspecified atom stereocenters. The third-order valence-electron chi connectivity index (χ3n) is 3.31. The predicted molar refractivity (Wildman–Crippen MR) is 79.0 cm³/mol. The van der Waals surface area contributed by atoms with Gasteiger partial charge in [0.15, 0.2) is 11.6 Å². The van der Waals surface area contributed by atoms with E-state index in [4.69, 9.17) is 16.3 Å². The highest BCUT2D eigenvalue weighted by molar-refractivity contribution is 6.31. The quantitative estimate of drug-likeness (QED) is 0.693. The lowest BCUT2D eigenvalue weighted by Crippen LogP contribution is -1.99. The van der Waals surface area contributed by atoms with Crippen molar-refractivity contribution in [1.29, 1.82) is 0 Å². The maximum absolute atomic E-state index is 13.7. The standard InChI is InChI=1S/C16H13ClFNO/c1-20-16-5-2-11(8-14(16)18)10-19-7-6-12-3-4-13(17)9-15(12)19/h2-9H,10H2,1H3. The van der Waals surface area contributed by atoms with Gasteiger partial charge in [0.25, 0.3) is 0 Å². The van der Waals surface area contributed by atoms with Crippen molar-refractivity contribution >= 4 is 22.5 Å². The molecule has 102 valence electrons. The van der Waals surface area contributed by atoms with E-state index in [-0.39, 0.29) is 11.6 Å². The SMILES string of the molecule is COc1ccc(Cn2ccc3ccc(Cl)cc32)cc1F. The second kappa shape index (κ2) is 5.17. The minimum absolute atomic E-state index is 0.258. The number of benzene rings is 2. The van der Waals surface area contributed by atoms with Crippen molar-refractivity contribution in [2.75, 3.05) is 7.11 Å². The predicted octanol–water partition coefficient (Wildman–Crippen LogP) is 4.49. The van der Waals surface area contributed by atoms with E-state index < -0.39 is 0 Å². The molecule has 0 fully saturated rings. The second-order valence-electron chi connectivity index (χ2n) is 4.62. The first-order chi connectivity index (χ1) is 9.67. The van der Waals surface area contributed by atoms with Crippen LogP contribution in [0.4, 0.5) is 4.39 Å². The van der Waals surface area contributed by atoms with Gasteiger partial charge in [0.2, 0.25) is 0 Å². The van der Waals surface area contributed by atoms with Crippen LogP contribution >= 0.6 is 11.6 Å². The molecule has 4 heteroatoms. The molecule has 0 aliphatic heterocycles. The van der Waals surface area contributed by atoms with Crippen molar-refractivity contribution < 1.29 is 9.13 Å². The Morgan fingerprint density at radius 2 is 2.00 bits per heavy atom. The van der Waals surface area contributed by atoms with Crippen molar-refractivity contribution in [3.8, 4) is 5.75 Å². The second-order valence-corrected chi connectivity index (χ2v) is 5.05. The number of aromatic nitrogens is 1. The van der Waals surface area contributed by atoms with E-state index in [1.165, 1.54) is 13.2 Å². The molecule has 2 aromatic carbocycles. The average molecular weight is 290 g/mol. The Kier molecular flexibility index (Phi) is 3.36. The van der Waals surface area contributed by atoms with E-state index >= 15 is 0 Å². The number of halogens is 2. The molecule has 0 atom stereocenters. The fraction of sp³-hybridized carbons (Fsp3) is 0.125.